The summed E-state index contributed by atoms with van der Waals surface area (Å²) in [5.74, 6) is -1.72. The molecule has 282 valence electrons. The summed E-state index contributed by atoms with van der Waals surface area (Å²) in [5.41, 5.74) is 10.1. The molecular weight excluding hydrogens is 711 g/mol. The number of hydrogen-bond donors (Lipinski definition) is 2. The van der Waals surface area contributed by atoms with Crippen LogP contribution in [0.15, 0.2) is 131 Å². The van der Waals surface area contributed by atoms with Crippen molar-refractivity contribution in [2.24, 2.45) is 10.8 Å². The predicted octanol–water partition coefficient (Wildman–Crippen LogP) is 7.40. The number of nitrogens with one attached hydrogen (secondary N) is 1. The number of ether oxygens (including phenoxy) is 1. The van der Waals surface area contributed by atoms with Crippen LogP contribution in [0.1, 0.15) is 70.5 Å². The molecule has 2 unspecified atom stereocenters. The second kappa shape index (κ2) is 17.9. The summed E-state index contributed by atoms with van der Waals surface area (Å²) in [5, 5.41) is 7.81. The number of carbonyl (C=O) groups is 3. The van der Waals surface area contributed by atoms with Gasteiger partial charge in [-0.15, -0.1) is 0 Å². The smallest absolute Gasteiger partial charge is 0.340 e. The lowest BCUT2D eigenvalue weighted by atomic mass is 9.90. The highest BCUT2D eigenvalue weighted by Crippen LogP contribution is 2.35. The van der Waals surface area contributed by atoms with Gasteiger partial charge in [0.1, 0.15) is 0 Å². The zero-order valence-corrected chi connectivity index (χ0v) is 31.9. The Morgan fingerprint density at radius 1 is 0.891 bits per heavy atom. The summed E-state index contributed by atoms with van der Waals surface area (Å²) < 4.78 is 21.8. The molecule has 1 aliphatic rings. The van der Waals surface area contributed by atoms with E-state index in [2.05, 4.69) is 16.5 Å². The van der Waals surface area contributed by atoms with E-state index in [0.29, 0.717) is 35.5 Å². The van der Waals surface area contributed by atoms with Gasteiger partial charge in [0, 0.05) is 42.5 Å². The highest BCUT2D eigenvalue weighted by molar-refractivity contribution is 7.83. The summed E-state index contributed by atoms with van der Waals surface area (Å²) in [6.07, 6.45) is 2.45. The number of esters is 1. The molecule has 11 heteroatoms. The molecule has 0 saturated carbocycles. The Morgan fingerprint density at radius 2 is 1.60 bits per heavy atom. The maximum Gasteiger partial charge on any atom is 0.340 e. The Morgan fingerprint density at radius 3 is 2.31 bits per heavy atom. The maximum absolute atomic E-state index is 15.0. The van der Waals surface area contributed by atoms with Crippen LogP contribution in [0.5, 0.6) is 0 Å². The van der Waals surface area contributed by atoms with Gasteiger partial charge in [0.25, 0.3) is 11.8 Å². The minimum absolute atomic E-state index is 0.0821. The third-order valence-corrected chi connectivity index (χ3v) is 10.8. The summed E-state index contributed by atoms with van der Waals surface area (Å²) in [6.45, 7) is 8.17. The van der Waals surface area contributed by atoms with Crippen molar-refractivity contribution >= 4 is 57.5 Å². The van der Waals surface area contributed by atoms with E-state index in [-0.39, 0.29) is 48.0 Å². The molecule has 2 amide bonds. The van der Waals surface area contributed by atoms with Gasteiger partial charge in [-0.1, -0.05) is 92.2 Å². The summed E-state index contributed by atoms with van der Waals surface area (Å²) in [4.78, 5) is 45.2. The Labute approximate surface area is 324 Å². The number of nitrogens with zero attached hydrogens (tertiary/aromatic N) is 3. The Balaban J connectivity index is 1.50. The third kappa shape index (κ3) is 8.58. The largest absolute Gasteiger partial charge is 0.462 e. The van der Waals surface area contributed by atoms with Gasteiger partial charge in [-0.2, -0.15) is 5.10 Å². The molecule has 0 fully saturated rings. The maximum atomic E-state index is 15.0. The molecule has 0 bridgehead atoms. The first-order valence-corrected chi connectivity index (χ1v) is 19.6. The molecular formula is C44H45N5O5S. The first-order chi connectivity index (χ1) is 26.8. The molecule has 1 aliphatic heterocycles. The van der Waals surface area contributed by atoms with Crippen molar-refractivity contribution < 1.29 is 23.3 Å². The zero-order valence-electron chi connectivity index (χ0n) is 31.1. The van der Waals surface area contributed by atoms with Crippen molar-refractivity contribution in [1.29, 1.82) is 0 Å². The lowest BCUT2D eigenvalue weighted by Crippen LogP contribution is -2.48. The number of hydrogen-bond acceptors (Lipinski definition) is 8. The van der Waals surface area contributed by atoms with E-state index >= 15 is 4.79 Å². The lowest BCUT2D eigenvalue weighted by molar-refractivity contribution is -0.136. The quantitative estimate of drug-likeness (QED) is 0.0522. The van der Waals surface area contributed by atoms with Crippen molar-refractivity contribution in [3.8, 4) is 0 Å². The molecule has 2 atom stereocenters. The molecule has 6 rings (SSSR count). The molecule has 0 aromatic heterocycles. The van der Waals surface area contributed by atoms with Gasteiger partial charge in [0.15, 0.2) is 11.0 Å². The number of nitrogens with two attached hydrogens (primary N) is 1. The van der Waals surface area contributed by atoms with Crippen LogP contribution in [-0.4, -0.2) is 52.8 Å². The van der Waals surface area contributed by atoms with Gasteiger partial charge < -0.3 is 15.4 Å². The highest BCUT2D eigenvalue weighted by Gasteiger charge is 2.34. The molecule has 55 heavy (non-hydrogen) atoms. The van der Waals surface area contributed by atoms with Crippen LogP contribution in [0, 0.1) is 0 Å². The third-order valence-electron chi connectivity index (χ3n) is 9.72. The number of fused-ring (bicyclic) bond motifs is 2. The van der Waals surface area contributed by atoms with Gasteiger partial charge in [0.05, 0.1) is 28.5 Å². The number of para-hydroxylation sites is 1. The SMILES string of the molecule is C=NN(/C(CCCC)=C(\C(=O)OCC)c1ccc(C(=O)NS(=O)c2ccc3ccccc3c2)cc1C(=O)N1Cc2ccccc2CC1CN)c1ccccc1. The molecule has 0 saturated heterocycles. The van der Waals surface area contributed by atoms with Crippen LogP contribution >= 0.6 is 0 Å². The van der Waals surface area contributed by atoms with Gasteiger partial charge in [-0.25, -0.2) is 14.0 Å². The summed E-state index contributed by atoms with van der Waals surface area (Å²) >= 11 is 0. The van der Waals surface area contributed by atoms with Crippen molar-refractivity contribution in [3.05, 3.63) is 149 Å². The Bertz CT molecular complexity index is 2270. The monoisotopic (exact) mass is 755 g/mol. The van der Waals surface area contributed by atoms with E-state index in [0.717, 1.165) is 28.3 Å². The van der Waals surface area contributed by atoms with E-state index in [1.165, 1.54) is 12.1 Å². The number of unbranched alkanes of at least 4 members (excludes halogenated alkanes) is 1. The second-order valence-corrected chi connectivity index (χ2v) is 14.4. The van der Waals surface area contributed by atoms with Crippen LogP contribution in [-0.2, 0) is 33.5 Å². The van der Waals surface area contributed by atoms with Crippen LogP contribution in [0.2, 0.25) is 0 Å². The number of carbonyl (C=O) groups excluding carboxylic acids is 3. The number of amides is 2. The zero-order chi connectivity index (χ0) is 38.9. The molecule has 0 radical (unpaired) electrons. The lowest BCUT2D eigenvalue weighted by Gasteiger charge is -2.37. The fourth-order valence-corrected chi connectivity index (χ4v) is 7.74. The molecule has 1 heterocycles. The van der Waals surface area contributed by atoms with Crippen molar-refractivity contribution in [2.45, 2.75) is 57.0 Å². The average molecular weight is 756 g/mol. The summed E-state index contributed by atoms with van der Waals surface area (Å²) in [6, 6.07) is 34.4. The first-order valence-electron chi connectivity index (χ1n) is 18.4. The number of allylic oxidation sites excluding steroid dienone is 1. The highest BCUT2D eigenvalue weighted by atomic mass is 32.2. The van der Waals surface area contributed by atoms with E-state index in [1.54, 1.807) is 35.0 Å². The van der Waals surface area contributed by atoms with Gasteiger partial charge in [-0.3, -0.25) is 14.3 Å². The molecule has 5 aromatic rings. The van der Waals surface area contributed by atoms with Crippen LogP contribution in [0.4, 0.5) is 5.69 Å². The van der Waals surface area contributed by atoms with Crippen molar-refractivity contribution in [2.75, 3.05) is 18.2 Å². The Hall–Kier alpha value is -5.91. The topological polar surface area (TPSA) is 134 Å². The van der Waals surface area contributed by atoms with Gasteiger partial charge >= 0.3 is 5.97 Å². The molecule has 0 aliphatic carbocycles. The van der Waals surface area contributed by atoms with E-state index in [9.17, 15) is 13.8 Å². The van der Waals surface area contributed by atoms with Crippen LogP contribution in [0.25, 0.3) is 16.3 Å². The van der Waals surface area contributed by atoms with Gasteiger partial charge in [-0.05, 0) is 84.5 Å². The minimum Gasteiger partial charge on any atom is -0.462 e. The van der Waals surface area contributed by atoms with E-state index in [4.69, 9.17) is 10.5 Å². The number of anilines is 1. The standard InChI is InChI=1S/C44H45N5O5S/c1-4-6-20-40(49(46-3)35-18-8-7-9-19-35)41(44(52)54-5-2)38-24-22-33(42(50)47-55(53)37-23-21-30-14-10-11-16-32(30)26-37)27-39(38)43(51)48-29-34-17-13-12-15-31(34)25-36(48)28-45/h7-19,21-24,26-27,36H,3-6,20,25,28-29,45H2,1-2H3,(H,47,50)/b41-40-. The number of hydrazone groups is 1. The molecule has 0 spiro atoms. The van der Waals surface area contributed by atoms with Crippen LogP contribution < -0.4 is 15.5 Å². The number of benzene rings is 5. The second-order valence-electron chi connectivity index (χ2n) is 13.2. The van der Waals surface area contributed by atoms with Crippen molar-refractivity contribution in [3.63, 3.8) is 0 Å². The fraction of sp³-hybridized carbons (Fsp3) is 0.227. The van der Waals surface area contributed by atoms with Gasteiger partial charge in [0.2, 0.25) is 0 Å². The van der Waals surface area contributed by atoms with E-state index in [1.807, 2.05) is 91.9 Å². The molecule has 3 N–H and O–H groups in total. The predicted molar refractivity (Wildman–Crippen MR) is 219 cm³/mol. The number of rotatable bonds is 14. The Kier molecular flexibility index (Phi) is 12.7. The van der Waals surface area contributed by atoms with E-state index < -0.39 is 28.8 Å². The fourth-order valence-electron chi connectivity index (χ4n) is 6.92. The normalized spacial score (nSPS) is 14.7. The average Bonchev–Trinajstić information content (AvgIpc) is 3.22. The van der Waals surface area contributed by atoms with Crippen molar-refractivity contribution in [1.82, 2.24) is 9.62 Å². The van der Waals surface area contributed by atoms with Crippen LogP contribution in [0.3, 0.4) is 0 Å². The molecule has 5 aromatic carbocycles. The minimum atomic E-state index is -1.91. The summed E-state index contributed by atoms with van der Waals surface area (Å²) in [7, 11) is -1.91. The molecule has 10 nitrogen and oxygen atoms in total. The first kappa shape index (κ1) is 38.8.